The summed E-state index contributed by atoms with van der Waals surface area (Å²) in [5.74, 6) is 0. The normalized spacial score (nSPS) is 11.4. The van der Waals surface area contributed by atoms with E-state index in [-0.39, 0.29) is 0 Å². The summed E-state index contributed by atoms with van der Waals surface area (Å²) in [7, 11) is 0. The molecule has 0 aromatic heterocycles. The van der Waals surface area contributed by atoms with Gasteiger partial charge in [0.2, 0.25) is 0 Å². The van der Waals surface area contributed by atoms with Crippen LogP contribution in [-0.4, -0.2) is 0 Å². The lowest BCUT2D eigenvalue weighted by atomic mass is 9.95. The van der Waals surface area contributed by atoms with Gasteiger partial charge in [0.05, 0.1) is 5.69 Å². The molecule has 9 aromatic carbocycles. The fourth-order valence-electron chi connectivity index (χ4n) is 7.09. The second kappa shape index (κ2) is 11.3. The molecule has 9 rings (SSSR count). The van der Waals surface area contributed by atoms with Crippen LogP contribution in [-0.2, 0) is 0 Å². The first-order chi connectivity index (χ1) is 23.3. The molecular formula is C46H31N. The van der Waals surface area contributed by atoms with E-state index in [0.29, 0.717) is 0 Å². The minimum absolute atomic E-state index is 1.11. The molecule has 1 nitrogen and oxygen atoms in total. The van der Waals surface area contributed by atoms with E-state index >= 15 is 0 Å². The lowest BCUT2D eigenvalue weighted by Crippen LogP contribution is -2.11. The molecule has 220 valence electrons. The zero-order chi connectivity index (χ0) is 31.2. The molecule has 0 unspecified atom stereocenters. The Bertz CT molecular complexity index is 2560. The SMILES string of the molecule is c1ccc(-c2ccccc2N(c2ccc(-c3ccc4ccccc4c3)cc2)c2ccc3c(ccc4ccc5ccccc5c43)c2)cc1. The second-order valence-electron chi connectivity index (χ2n) is 12.2. The van der Waals surface area contributed by atoms with Crippen molar-refractivity contribution >= 4 is 60.2 Å². The van der Waals surface area contributed by atoms with Crippen LogP contribution in [0.15, 0.2) is 188 Å². The Morgan fingerprint density at radius 1 is 0.298 bits per heavy atom. The van der Waals surface area contributed by atoms with E-state index in [2.05, 4.69) is 193 Å². The molecule has 9 aromatic rings. The van der Waals surface area contributed by atoms with Crippen molar-refractivity contribution in [3.8, 4) is 22.3 Å². The first-order valence-corrected chi connectivity index (χ1v) is 16.2. The van der Waals surface area contributed by atoms with Crippen molar-refractivity contribution in [3.05, 3.63) is 188 Å². The van der Waals surface area contributed by atoms with Gasteiger partial charge in [-0.3, -0.25) is 0 Å². The number of hydrogen-bond donors (Lipinski definition) is 0. The summed E-state index contributed by atoms with van der Waals surface area (Å²) in [5, 5.41) is 10.1. The van der Waals surface area contributed by atoms with E-state index in [1.807, 2.05) is 0 Å². The third-order valence-electron chi connectivity index (χ3n) is 9.40. The molecule has 1 heteroatoms. The summed E-state index contributed by atoms with van der Waals surface area (Å²) in [5.41, 5.74) is 8.18. The standard InChI is InChI=1S/C46H31N/c1-2-11-34(12-3-1)42-15-8-9-17-45(42)47(40-26-24-33(25-27-40)38-22-18-32-10-4-5-14-37(32)30-38)41-28-29-44-39(31-41)23-21-36-20-19-35-13-6-7-16-43(35)46(36)44/h1-31H. The van der Waals surface area contributed by atoms with Gasteiger partial charge in [0.1, 0.15) is 0 Å². The third-order valence-corrected chi connectivity index (χ3v) is 9.40. The van der Waals surface area contributed by atoms with Crippen molar-refractivity contribution in [2.45, 2.75) is 0 Å². The van der Waals surface area contributed by atoms with Gasteiger partial charge in [0.25, 0.3) is 0 Å². The highest BCUT2D eigenvalue weighted by molar-refractivity contribution is 6.20. The largest absolute Gasteiger partial charge is 0.310 e. The summed E-state index contributed by atoms with van der Waals surface area (Å²) < 4.78 is 0. The van der Waals surface area contributed by atoms with Gasteiger partial charge in [-0.25, -0.2) is 0 Å². The molecular weight excluding hydrogens is 567 g/mol. The summed E-state index contributed by atoms with van der Waals surface area (Å²) in [6.45, 7) is 0. The Morgan fingerprint density at radius 3 is 1.74 bits per heavy atom. The smallest absolute Gasteiger partial charge is 0.0540 e. The Labute approximate surface area is 274 Å². The van der Waals surface area contributed by atoms with Crippen molar-refractivity contribution in [1.82, 2.24) is 0 Å². The Balaban J connectivity index is 1.22. The van der Waals surface area contributed by atoms with Gasteiger partial charge < -0.3 is 4.90 Å². The van der Waals surface area contributed by atoms with Crippen molar-refractivity contribution < 1.29 is 0 Å². The van der Waals surface area contributed by atoms with Gasteiger partial charge in [-0.15, -0.1) is 0 Å². The maximum atomic E-state index is 2.40. The van der Waals surface area contributed by atoms with Gasteiger partial charge in [-0.2, -0.15) is 0 Å². The van der Waals surface area contributed by atoms with Crippen molar-refractivity contribution in [1.29, 1.82) is 0 Å². The summed E-state index contributed by atoms with van der Waals surface area (Å²) in [4.78, 5) is 2.40. The quantitative estimate of drug-likeness (QED) is 0.178. The minimum atomic E-state index is 1.11. The lowest BCUT2D eigenvalue weighted by molar-refractivity contribution is 1.29. The molecule has 0 radical (unpaired) electrons. The van der Waals surface area contributed by atoms with Gasteiger partial charge >= 0.3 is 0 Å². The third kappa shape index (κ3) is 4.81. The molecule has 0 spiro atoms. The molecule has 0 saturated heterocycles. The van der Waals surface area contributed by atoms with Crippen LogP contribution in [0.4, 0.5) is 17.1 Å². The van der Waals surface area contributed by atoms with Crippen LogP contribution in [0.3, 0.4) is 0 Å². The van der Waals surface area contributed by atoms with Gasteiger partial charge in [-0.1, -0.05) is 152 Å². The van der Waals surface area contributed by atoms with E-state index in [4.69, 9.17) is 0 Å². The maximum absolute atomic E-state index is 2.40. The molecule has 0 aliphatic heterocycles. The molecule has 0 bridgehead atoms. The monoisotopic (exact) mass is 597 g/mol. The molecule has 0 aliphatic carbocycles. The first-order valence-electron chi connectivity index (χ1n) is 16.2. The van der Waals surface area contributed by atoms with Crippen molar-refractivity contribution in [2.24, 2.45) is 0 Å². The van der Waals surface area contributed by atoms with Crippen LogP contribution < -0.4 is 4.90 Å². The molecule has 0 N–H and O–H groups in total. The van der Waals surface area contributed by atoms with Gasteiger partial charge in [0.15, 0.2) is 0 Å². The Hall–Kier alpha value is -6.18. The second-order valence-corrected chi connectivity index (χ2v) is 12.2. The average molecular weight is 598 g/mol. The number of rotatable bonds is 5. The number of para-hydroxylation sites is 1. The minimum Gasteiger partial charge on any atom is -0.310 e. The number of fused-ring (bicyclic) bond motifs is 6. The van der Waals surface area contributed by atoms with Gasteiger partial charge in [-0.05, 0) is 96.2 Å². The van der Waals surface area contributed by atoms with Crippen LogP contribution in [0.2, 0.25) is 0 Å². The van der Waals surface area contributed by atoms with Crippen LogP contribution in [0.5, 0.6) is 0 Å². The Morgan fingerprint density at radius 2 is 0.894 bits per heavy atom. The van der Waals surface area contributed by atoms with Crippen molar-refractivity contribution in [3.63, 3.8) is 0 Å². The molecule has 0 amide bonds. The first kappa shape index (κ1) is 27.2. The molecule has 0 heterocycles. The van der Waals surface area contributed by atoms with Crippen LogP contribution in [0, 0.1) is 0 Å². The average Bonchev–Trinajstić information content (AvgIpc) is 3.15. The van der Waals surface area contributed by atoms with Crippen molar-refractivity contribution in [2.75, 3.05) is 4.90 Å². The fourth-order valence-corrected chi connectivity index (χ4v) is 7.09. The molecule has 47 heavy (non-hydrogen) atoms. The van der Waals surface area contributed by atoms with E-state index in [9.17, 15) is 0 Å². The zero-order valence-electron chi connectivity index (χ0n) is 25.8. The summed E-state index contributed by atoms with van der Waals surface area (Å²) >= 11 is 0. The summed E-state index contributed by atoms with van der Waals surface area (Å²) in [6, 6.07) is 68.3. The predicted molar refractivity (Wildman–Crippen MR) is 202 cm³/mol. The number of hydrogen-bond acceptors (Lipinski definition) is 1. The molecule has 0 saturated carbocycles. The molecule has 0 fully saturated rings. The highest BCUT2D eigenvalue weighted by Gasteiger charge is 2.18. The number of anilines is 3. The van der Waals surface area contributed by atoms with Crippen LogP contribution in [0.1, 0.15) is 0 Å². The van der Waals surface area contributed by atoms with E-state index in [1.54, 1.807) is 0 Å². The topological polar surface area (TPSA) is 3.24 Å². The van der Waals surface area contributed by atoms with Gasteiger partial charge in [0, 0.05) is 16.9 Å². The lowest BCUT2D eigenvalue weighted by Gasteiger charge is -2.28. The highest BCUT2D eigenvalue weighted by atomic mass is 15.1. The number of benzene rings is 9. The summed E-state index contributed by atoms with van der Waals surface area (Å²) in [6.07, 6.45) is 0. The molecule has 0 atom stereocenters. The Kier molecular flexibility index (Phi) is 6.54. The highest BCUT2D eigenvalue weighted by Crippen LogP contribution is 2.43. The van der Waals surface area contributed by atoms with Crippen LogP contribution in [0.25, 0.3) is 65.3 Å². The fraction of sp³-hybridized carbons (Fsp3) is 0. The molecule has 0 aliphatic rings. The zero-order valence-corrected chi connectivity index (χ0v) is 25.8. The maximum Gasteiger partial charge on any atom is 0.0540 e. The van der Waals surface area contributed by atoms with E-state index in [1.165, 1.54) is 65.3 Å². The predicted octanol–water partition coefficient (Wildman–Crippen LogP) is 13.1. The van der Waals surface area contributed by atoms with E-state index < -0.39 is 0 Å². The van der Waals surface area contributed by atoms with E-state index in [0.717, 1.165) is 17.1 Å². The van der Waals surface area contributed by atoms with Crippen LogP contribution >= 0.6 is 0 Å². The number of nitrogens with zero attached hydrogens (tertiary/aromatic N) is 1.